The number of rotatable bonds is 25. The number of benzene rings is 2. The van der Waals surface area contributed by atoms with E-state index < -0.39 is 0 Å². The molecule has 0 amide bonds. The summed E-state index contributed by atoms with van der Waals surface area (Å²) in [6, 6.07) is 15.0. The zero-order valence-corrected chi connectivity index (χ0v) is 34.0. The number of phenolic OH excluding ortho intramolecular Hbond substituents is 2. The van der Waals surface area contributed by atoms with Gasteiger partial charge in [-0.2, -0.15) is 0 Å². The van der Waals surface area contributed by atoms with Crippen molar-refractivity contribution < 1.29 is 19.7 Å². The standard InChI is InChI=1S/C18H22O2.2C12H28N2O/c1-3-17(13-5-9-15(19)10-6-13)18(4-2)14-7-11-16(20)12-8-14;2*1-5-13(6-2)9-11-15-12-10-14(7-3)8-4/h5-12,17-20H,3-4H2,1-2H3;2*5-12H2,1-4H3. The second-order valence-corrected chi connectivity index (χ2v) is 12.5. The van der Waals surface area contributed by atoms with Crippen LogP contribution in [0.25, 0.3) is 0 Å². The van der Waals surface area contributed by atoms with Crippen molar-refractivity contribution in [1.29, 1.82) is 0 Å². The molecule has 0 aliphatic carbocycles. The molecule has 8 heteroatoms. The van der Waals surface area contributed by atoms with Crippen molar-refractivity contribution in [2.75, 3.05) is 105 Å². The predicted octanol–water partition coefficient (Wildman–Crippen LogP) is 8.16. The molecule has 2 atom stereocenters. The van der Waals surface area contributed by atoms with Gasteiger partial charge in [0.05, 0.1) is 26.4 Å². The van der Waals surface area contributed by atoms with E-state index in [0.29, 0.717) is 23.3 Å². The summed E-state index contributed by atoms with van der Waals surface area (Å²) >= 11 is 0. The lowest BCUT2D eigenvalue weighted by molar-refractivity contribution is 0.0875. The smallest absolute Gasteiger partial charge is 0.115 e. The van der Waals surface area contributed by atoms with Crippen molar-refractivity contribution >= 4 is 0 Å². The average Bonchev–Trinajstić information content (AvgIpc) is 3.15. The fourth-order valence-electron chi connectivity index (χ4n) is 6.09. The third-order valence-corrected chi connectivity index (χ3v) is 9.79. The number of hydrogen-bond acceptors (Lipinski definition) is 8. The van der Waals surface area contributed by atoms with Crippen molar-refractivity contribution in [1.82, 2.24) is 19.6 Å². The first-order chi connectivity index (χ1) is 24.2. The monoisotopic (exact) mass is 703 g/mol. The first-order valence-corrected chi connectivity index (χ1v) is 19.8. The summed E-state index contributed by atoms with van der Waals surface area (Å²) in [6.45, 7) is 38.6. The molecule has 2 rings (SSSR count). The highest BCUT2D eigenvalue weighted by Gasteiger charge is 2.22. The number of hydrogen-bond donors (Lipinski definition) is 2. The summed E-state index contributed by atoms with van der Waals surface area (Å²) in [4.78, 5) is 9.55. The summed E-state index contributed by atoms with van der Waals surface area (Å²) in [5, 5.41) is 18.9. The van der Waals surface area contributed by atoms with Crippen LogP contribution in [0.2, 0.25) is 0 Å². The molecule has 0 bridgehead atoms. The molecule has 0 fully saturated rings. The molecule has 50 heavy (non-hydrogen) atoms. The second-order valence-electron chi connectivity index (χ2n) is 12.5. The van der Waals surface area contributed by atoms with Crippen LogP contribution < -0.4 is 0 Å². The molecule has 2 N–H and O–H groups in total. The lowest BCUT2D eigenvalue weighted by Crippen LogP contribution is -2.30. The van der Waals surface area contributed by atoms with Crippen LogP contribution in [0.5, 0.6) is 11.5 Å². The van der Waals surface area contributed by atoms with E-state index in [9.17, 15) is 10.2 Å². The third-order valence-electron chi connectivity index (χ3n) is 9.79. The van der Waals surface area contributed by atoms with E-state index in [1.165, 1.54) is 11.1 Å². The quantitative estimate of drug-likeness (QED) is 0.101. The number of nitrogens with zero attached hydrogens (tertiary/aromatic N) is 4. The molecule has 2 aromatic rings. The van der Waals surface area contributed by atoms with E-state index in [2.05, 4.69) is 88.8 Å². The van der Waals surface area contributed by atoms with Gasteiger partial charge < -0.3 is 39.3 Å². The van der Waals surface area contributed by atoms with Gasteiger partial charge in [-0.05, 0) is 112 Å². The Balaban J connectivity index is 0.000000735. The summed E-state index contributed by atoms with van der Waals surface area (Å²) in [5.41, 5.74) is 2.51. The largest absolute Gasteiger partial charge is 0.508 e. The van der Waals surface area contributed by atoms with Crippen LogP contribution in [-0.4, -0.2) is 135 Å². The number of likely N-dealkylation sites (N-methyl/N-ethyl adjacent to an activating group) is 4. The van der Waals surface area contributed by atoms with E-state index in [1.54, 1.807) is 24.3 Å². The lowest BCUT2D eigenvalue weighted by Gasteiger charge is -2.26. The molecule has 0 spiro atoms. The first kappa shape index (κ1) is 47.8. The SMILES string of the molecule is CCC(c1ccc(O)cc1)C(CC)c1ccc(O)cc1.CCN(CC)CCOCCN(CC)CC.CCN(CC)CCOCCN(CC)CC. The highest BCUT2D eigenvalue weighted by molar-refractivity contribution is 5.34. The van der Waals surface area contributed by atoms with Crippen LogP contribution in [0.3, 0.4) is 0 Å². The Morgan fingerprint density at radius 2 is 0.620 bits per heavy atom. The molecule has 8 nitrogen and oxygen atoms in total. The maximum Gasteiger partial charge on any atom is 0.115 e. The minimum absolute atomic E-state index is 0.307. The molecular formula is C42H78N4O4. The molecule has 2 unspecified atom stereocenters. The maximum atomic E-state index is 9.43. The van der Waals surface area contributed by atoms with Gasteiger partial charge in [0, 0.05) is 26.2 Å². The van der Waals surface area contributed by atoms with E-state index >= 15 is 0 Å². The van der Waals surface area contributed by atoms with E-state index in [0.717, 1.165) is 118 Å². The predicted molar refractivity (Wildman–Crippen MR) is 215 cm³/mol. The molecule has 0 saturated heterocycles. The van der Waals surface area contributed by atoms with Gasteiger partial charge in [0.2, 0.25) is 0 Å². The van der Waals surface area contributed by atoms with E-state index in [-0.39, 0.29) is 0 Å². The molecule has 0 heterocycles. The average molecular weight is 703 g/mol. The van der Waals surface area contributed by atoms with Gasteiger partial charge in [-0.25, -0.2) is 0 Å². The van der Waals surface area contributed by atoms with Gasteiger partial charge in [0.25, 0.3) is 0 Å². The summed E-state index contributed by atoms with van der Waals surface area (Å²) in [7, 11) is 0. The van der Waals surface area contributed by atoms with Crippen LogP contribution in [0.15, 0.2) is 48.5 Å². The Labute approximate surface area is 308 Å². The van der Waals surface area contributed by atoms with Gasteiger partial charge >= 0.3 is 0 Å². The molecule has 2 aromatic carbocycles. The van der Waals surface area contributed by atoms with Gasteiger partial charge in [0.1, 0.15) is 11.5 Å². The fraction of sp³-hybridized carbons (Fsp3) is 0.714. The van der Waals surface area contributed by atoms with Crippen molar-refractivity contribution in [2.24, 2.45) is 0 Å². The minimum atomic E-state index is 0.307. The van der Waals surface area contributed by atoms with E-state index in [4.69, 9.17) is 9.47 Å². The lowest BCUT2D eigenvalue weighted by atomic mass is 9.78. The molecule has 290 valence electrons. The Bertz CT molecular complexity index is 882. The van der Waals surface area contributed by atoms with Crippen LogP contribution >= 0.6 is 0 Å². The van der Waals surface area contributed by atoms with Crippen molar-refractivity contribution in [3.8, 4) is 11.5 Å². The Morgan fingerprint density at radius 3 is 0.800 bits per heavy atom. The molecule has 0 aromatic heterocycles. The maximum absolute atomic E-state index is 9.43. The molecule has 0 aliphatic heterocycles. The number of ether oxygens (including phenoxy) is 2. The summed E-state index contributed by atoms with van der Waals surface area (Å²) < 4.78 is 11.2. The van der Waals surface area contributed by atoms with Crippen LogP contribution in [0, 0.1) is 0 Å². The van der Waals surface area contributed by atoms with Crippen LogP contribution in [0.4, 0.5) is 0 Å². The Morgan fingerprint density at radius 1 is 0.400 bits per heavy atom. The Hall–Kier alpha value is -2.20. The van der Waals surface area contributed by atoms with Gasteiger partial charge in [-0.1, -0.05) is 93.5 Å². The van der Waals surface area contributed by atoms with Gasteiger partial charge in [-0.15, -0.1) is 0 Å². The molecular weight excluding hydrogens is 624 g/mol. The highest BCUT2D eigenvalue weighted by atomic mass is 16.5. The summed E-state index contributed by atoms with van der Waals surface area (Å²) in [5.74, 6) is 1.46. The normalized spacial score (nSPS) is 12.5. The second kappa shape index (κ2) is 31.5. The minimum Gasteiger partial charge on any atom is -0.508 e. The third kappa shape index (κ3) is 21.2. The van der Waals surface area contributed by atoms with Crippen molar-refractivity contribution in [2.45, 2.75) is 93.9 Å². The van der Waals surface area contributed by atoms with E-state index in [1.807, 2.05) is 24.3 Å². The highest BCUT2D eigenvalue weighted by Crippen LogP contribution is 2.38. The van der Waals surface area contributed by atoms with Crippen LogP contribution in [-0.2, 0) is 9.47 Å². The van der Waals surface area contributed by atoms with Gasteiger partial charge in [-0.3, -0.25) is 0 Å². The first-order valence-electron chi connectivity index (χ1n) is 19.8. The molecule has 0 saturated carbocycles. The summed E-state index contributed by atoms with van der Waals surface area (Å²) in [6.07, 6.45) is 2.09. The number of aromatic hydroxyl groups is 2. The van der Waals surface area contributed by atoms with Crippen molar-refractivity contribution in [3.05, 3.63) is 59.7 Å². The van der Waals surface area contributed by atoms with Crippen molar-refractivity contribution in [3.63, 3.8) is 0 Å². The molecule has 0 radical (unpaired) electrons. The van der Waals surface area contributed by atoms with Gasteiger partial charge in [0.15, 0.2) is 0 Å². The topological polar surface area (TPSA) is 71.9 Å². The fourth-order valence-corrected chi connectivity index (χ4v) is 6.09. The number of phenols is 2. The Kier molecular flexibility index (Phi) is 30.1. The van der Waals surface area contributed by atoms with Crippen LogP contribution in [0.1, 0.15) is 105 Å². The molecule has 0 aliphatic rings. The zero-order chi connectivity index (χ0) is 37.6. The zero-order valence-electron chi connectivity index (χ0n) is 34.0.